The summed E-state index contributed by atoms with van der Waals surface area (Å²) in [5, 5.41) is 14.9. The number of unbranched alkanes of at least 4 members (excludes halogenated alkanes) is 1. The van der Waals surface area contributed by atoms with Gasteiger partial charge in [-0.15, -0.1) is 0 Å². The van der Waals surface area contributed by atoms with Gasteiger partial charge in [-0.2, -0.15) is 5.26 Å². The van der Waals surface area contributed by atoms with Gasteiger partial charge in [0.2, 0.25) is 5.96 Å². The minimum absolute atomic E-state index is 0.000909. The van der Waals surface area contributed by atoms with Crippen LogP contribution in [0.15, 0.2) is 35.3 Å². The molecule has 4 nitrogen and oxygen atoms in total. The highest BCUT2D eigenvalue weighted by Gasteiger charge is 2.26. The van der Waals surface area contributed by atoms with Crippen LogP contribution < -0.4 is 10.6 Å². The Kier molecular flexibility index (Phi) is 6.46. The number of rotatable bonds is 8. The Morgan fingerprint density at radius 1 is 1.35 bits per heavy atom. The zero-order chi connectivity index (χ0) is 16.5. The van der Waals surface area contributed by atoms with Crippen LogP contribution in [0.2, 0.25) is 0 Å². The summed E-state index contributed by atoms with van der Waals surface area (Å²) in [6.07, 6.45) is 8.00. The van der Waals surface area contributed by atoms with Gasteiger partial charge in [-0.3, -0.25) is 10.3 Å². The zero-order valence-electron chi connectivity index (χ0n) is 14.3. The van der Waals surface area contributed by atoms with Crippen LogP contribution in [0.25, 0.3) is 0 Å². The van der Waals surface area contributed by atoms with Gasteiger partial charge in [0.05, 0.1) is 6.54 Å². The summed E-state index contributed by atoms with van der Waals surface area (Å²) in [5.41, 5.74) is 1.32. The predicted octanol–water partition coefficient (Wildman–Crippen LogP) is 3.56. The number of hydrogen-bond acceptors (Lipinski definition) is 2. The van der Waals surface area contributed by atoms with Crippen LogP contribution in [0.5, 0.6) is 0 Å². The molecule has 0 spiro atoms. The first-order chi connectivity index (χ1) is 11.2. The van der Waals surface area contributed by atoms with Crippen LogP contribution in [0.4, 0.5) is 0 Å². The van der Waals surface area contributed by atoms with Crippen molar-refractivity contribution >= 4 is 5.96 Å². The number of benzene rings is 1. The van der Waals surface area contributed by atoms with Crippen LogP contribution in [0, 0.1) is 17.4 Å². The third-order valence-corrected chi connectivity index (χ3v) is 4.57. The molecule has 1 atom stereocenters. The van der Waals surface area contributed by atoms with Crippen LogP contribution in [0.3, 0.4) is 0 Å². The van der Waals surface area contributed by atoms with Gasteiger partial charge in [0.25, 0.3) is 0 Å². The molecule has 1 aromatic carbocycles. The van der Waals surface area contributed by atoms with Crippen LogP contribution >= 0.6 is 0 Å². The molecule has 1 aliphatic carbocycles. The van der Waals surface area contributed by atoms with E-state index < -0.39 is 0 Å². The number of guanidine groups is 1. The van der Waals surface area contributed by atoms with E-state index in [0.29, 0.717) is 12.5 Å². The minimum atomic E-state index is 0.000909. The van der Waals surface area contributed by atoms with E-state index in [1.807, 2.05) is 12.3 Å². The first kappa shape index (κ1) is 17.3. The molecule has 0 bridgehead atoms. The Morgan fingerprint density at radius 3 is 2.70 bits per heavy atom. The second kappa shape index (κ2) is 8.57. The molecule has 1 fully saturated rings. The van der Waals surface area contributed by atoms with Crippen molar-refractivity contribution in [3.63, 3.8) is 0 Å². The van der Waals surface area contributed by atoms with E-state index in [2.05, 4.69) is 53.7 Å². The normalized spacial score (nSPS) is 17.2. The van der Waals surface area contributed by atoms with Crippen molar-refractivity contribution in [1.29, 1.82) is 5.26 Å². The van der Waals surface area contributed by atoms with Crippen molar-refractivity contribution in [2.75, 3.05) is 13.1 Å². The summed E-state index contributed by atoms with van der Waals surface area (Å²) in [5.74, 6) is 1.36. The quantitative estimate of drug-likeness (QED) is 0.334. The third-order valence-electron chi connectivity index (χ3n) is 4.57. The Bertz CT molecular complexity index is 542. The molecule has 0 aliphatic heterocycles. The van der Waals surface area contributed by atoms with Gasteiger partial charge in [0.1, 0.15) is 0 Å². The second-order valence-corrected chi connectivity index (χ2v) is 6.76. The first-order valence-electron chi connectivity index (χ1n) is 8.67. The van der Waals surface area contributed by atoms with E-state index in [1.54, 1.807) is 0 Å². The number of nitriles is 1. The van der Waals surface area contributed by atoms with Crippen molar-refractivity contribution < 1.29 is 0 Å². The fourth-order valence-corrected chi connectivity index (χ4v) is 2.73. The summed E-state index contributed by atoms with van der Waals surface area (Å²) in [6.45, 7) is 6.07. The monoisotopic (exact) mass is 312 g/mol. The van der Waals surface area contributed by atoms with Gasteiger partial charge in [0, 0.05) is 12.0 Å². The van der Waals surface area contributed by atoms with Gasteiger partial charge >= 0.3 is 0 Å². The van der Waals surface area contributed by atoms with E-state index in [1.165, 1.54) is 31.2 Å². The van der Waals surface area contributed by atoms with Crippen molar-refractivity contribution in [2.45, 2.75) is 51.4 Å². The van der Waals surface area contributed by atoms with Gasteiger partial charge < -0.3 is 5.32 Å². The largest absolute Gasteiger partial charge is 0.355 e. The molecule has 2 rings (SSSR count). The molecule has 0 heterocycles. The maximum atomic E-state index is 8.92. The number of aliphatic imine (C=N–C) groups is 1. The fourth-order valence-electron chi connectivity index (χ4n) is 2.73. The molecule has 1 saturated carbocycles. The molecule has 124 valence electrons. The van der Waals surface area contributed by atoms with Crippen molar-refractivity contribution in [3.8, 4) is 6.19 Å². The van der Waals surface area contributed by atoms with E-state index in [0.717, 1.165) is 18.9 Å². The molecule has 4 heteroatoms. The highest BCUT2D eigenvalue weighted by Crippen LogP contribution is 2.30. The molecule has 0 amide bonds. The Morgan fingerprint density at radius 2 is 2.09 bits per heavy atom. The minimum Gasteiger partial charge on any atom is -0.355 e. The molecular weight excluding hydrogens is 284 g/mol. The van der Waals surface area contributed by atoms with E-state index >= 15 is 0 Å². The van der Waals surface area contributed by atoms with Gasteiger partial charge in [-0.25, -0.2) is 0 Å². The lowest BCUT2D eigenvalue weighted by Crippen LogP contribution is -2.37. The maximum Gasteiger partial charge on any atom is 0.204 e. The molecule has 0 saturated heterocycles. The Balaban J connectivity index is 2.07. The SMILES string of the molecule is CCCCC(C)(CN=C(NC#N)NCC1CC1)c1ccccc1. The lowest BCUT2D eigenvalue weighted by Gasteiger charge is -2.29. The standard InChI is InChI=1S/C19H28N4/c1-3-4-12-19(2,17-8-6-5-7-9-17)14-22-18(23-15-20)21-13-16-10-11-16/h5-9,16H,3-4,10-14H2,1-2H3,(H2,21,22,23). The fraction of sp³-hybridized carbons (Fsp3) is 0.579. The number of hydrogen-bond donors (Lipinski definition) is 2. The van der Waals surface area contributed by atoms with Gasteiger partial charge in [-0.1, -0.05) is 57.0 Å². The molecule has 1 aliphatic rings. The van der Waals surface area contributed by atoms with E-state index in [4.69, 9.17) is 5.26 Å². The van der Waals surface area contributed by atoms with Crippen molar-refractivity contribution in [1.82, 2.24) is 10.6 Å². The molecule has 0 radical (unpaired) electrons. The third kappa shape index (κ3) is 5.59. The summed E-state index contributed by atoms with van der Waals surface area (Å²) in [7, 11) is 0. The summed E-state index contributed by atoms with van der Waals surface area (Å²) < 4.78 is 0. The summed E-state index contributed by atoms with van der Waals surface area (Å²) in [4.78, 5) is 4.69. The van der Waals surface area contributed by atoms with E-state index in [9.17, 15) is 0 Å². The molecule has 1 unspecified atom stereocenters. The smallest absolute Gasteiger partial charge is 0.204 e. The lowest BCUT2D eigenvalue weighted by molar-refractivity contribution is 0.427. The highest BCUT2D eigenvalue weighted by atomic mass is 15.2. The van der Waals surface area contributed by atoms with Crippen LogP contribution in [-0.2, 0) is 5.41 Å². The number of nitrogens with one attached hydrogen (secondary N) is 2. The predicted molar refractivity (Wildman–Crippen MR) is 95.1 cm³/mol. The lowest BCUT2D eigenvalue weighted by atomic mass is 9.78. The first-order valence-corrected chi connectivity index (χ1v) is 8.67. The summed E-state index contributed by atoms with van der Waals surface area (Å²) in [6, 6.07) is 10.6. The molecule has 2 N–H and O–H groups in total. The van der Waals surface area contributed by atoms with Gasteiger partial charge in [-0.05, 0) is 30.7 Å². The second-order valence-electron chi connectivity index (χ2n) is 6.76. The summed E-state index contributed by atoms with van der Waals surface area (Å²) >= 11 is 0. The molecule has 23 heavy (non-hydrogen) atoms. The molecular formula is C19H28N4. The van der Waals surface area contributed by atoms with Crippen molar-refractivity contribution in [3.05, 3.63) is 35.9 Å². The van der Waals surface area contributed by atoms with Crippen LogP contribution in [-0.4, -0.2) is 19.0 Å². The number of nitrogens with zero attached hydrogens (tertiary/aromatic N) is 2. The molecule has 1 aromatic rings. The zero-order valence-corrected chi connectivity index (χ0v) is 14.3. The van der Waals surface area contributed by atoms with Crippen LogP contribution in [0.1, 0.15) is 51.5 Å². The molecule has 0 aromatic heterocycles. The average molecular weight is 312 g/mol. The highest BCUT2D eigenvalue weighted by molar-refractivity contribution is 5.81. The Labute approximate surface area is 140 Å². The van der Waals surface area contributed by atoms with Gasteiger partial charge in [0.15, 0.2) is 6.19 Å². The Hall–Kier alpha value is -2.02. The van der Waals surface area contributed by atoms with Crippen molar-refractivity contribution in [2.24, 2.45) is 10.9 Å². The van der Waals surface area contributed by atoms with E-state index in [-0.39, 0.29) is 5.41 Å². The average Bonchev–Trinajstić information content (AvgIpc) is 3.41. The maximum absolute atomic E-state index is 8.92. The topological polar surface area (TPSA) is 60.2 Å².